The number of hydrogen-bond acceptors (Lipinski definition) is 4. The van der Waals surface area contributed by atoms with Crippen molar-refractivity contribution in [2.45, 2.75) is 0 Å². The van der Waals surface area contributed by atoms with Gasteiger partial charge < -0.3 is 8.98 Å². The fourth-order valence-corrected chi connectivity index (χ4v) is 8.73. The van der Waals surface area contributed by atoms with E-state index in [-0.39, 0.29) is 0 Å². The van der Waals surface area contributed by atoms with Crippen LogP contribution in [0.25, 0.3) is 116 Å². The lowest BCUT2D eigenvalue weighted by atomic mass is 9.93. The van der Waals surface area contributed by atoms with Crippen LogP contribution in [-0.2, 0) is 0 Å². The van der Waals surface area contributed by atoms with Gasteiger partial charge in [-0.2, -0.15) is 0 Å². The Bertz CT molecular complexity index is 3600. The Balaban J connectivity index is 0.979. The number of hydrogen-bond donors (Lipinski definition) is 0. The Kier molecular flexibility index (Phi) is 7.78. The number of furan rings is 1. The maximum atomic E-state index is 5.69. The average molecular weight is 767 g/mol. The molecule has 0 aliphatic heterocycles. The molecule has 0 unspecified atom stereocenters. The van der Waals surface area contributed by atoms with Gasteiger partial charge in [0, 0.05) is 39.3 Å². The van der Waals surface area contributed by atoms with Gasteiger partial charge in [0.1, 0.15) is 5.58 Å². The van der Waals surface area contributed by atoms with Crippen LogP contribution in [0.5, 0.6) is 0 Å². The summed E-state index contributed by atoms with van der Waals surface area (Å²) in [5.74, 6) is 0.713. The van der Waals surface area contributed by atoms with Crippen molar-refractivity contribution in [3.63, 3.8) is 0 Å². The molecule has 8 aromatic carbocycles. The predicted octanol–water partition coefficient (Wildman–Crippen LogP) is 14.4. The van der Waals surface area contributed by atoms with Crippen LogP contribution in [0.15, 0.2) is 211 Å². The molecule has 12 rings (SSSR count). The fourth-order valence-electron chi connectivity index (χ4n) is 8.73. The zero-order valence-electron chi connectivity index (χ0n) is 32.3. The number of benzene rings is 8. The summed E-state index contributed by atoms with van der Waals surface area (Å²) in [6.45, 7) is 0. The van der Waals surface area contributed by atoms with E-state index in [0.717, 1.165) is 94.3 Å². The highest BCUT2D eigenvalue weighted by molar-refractivity contribution is 6.13. The summed E-state index contributed by atoms with van der Waals surface area (Å²) in [6.07, 6.45) is 3.83. The van der Waals surface area contributed by atoms with E-state index in [2.05, 4.69) is 181 Å². The molecule has 12 aromatic rings. The summed E-state index contributed by atoms with van der Waals surface area (Å²) in [5.41, 5.74) is 14.2. The molecule has 0 fully saturated rings. The van der Waals surface area contributed by atoms with Crippen LogP contribution in [0.1, 0.15) is 0 Å². The highest BCUT2D eigenvalue weighted by Crippen LogP contribution is 2.38. The standard InChI is InChI=1S/C55H34N4O/c1-2-11-43(12-3-1)59-28-26-51-52(59)24-23-49(56-51)42-32-40(31-41(33-42)37-22-25-53-39(30-37)27-29-60-53)35-18-20-36(21-19-35)54-47-16-8-9-17-50(47)57-55(58-54)48-34-38-10-4-5-13-44(38)45-14-6-7-15-46(45)48/h1-34H. The molecule has 0 aliphatic carbocycles. The van der Waals surface area contributed by atoms with E-state index in [4.69, 9.17) is 19.4 Å². The van der Waals surface area contributed by atoms with Crippen molar-refractivity contribution in [2.24, 2.45) is 0 Å². The molecule has 0 N–H and O–H groups in total. The molecule has 5 nitrogen and oxygen atoms in total. The fraction of sp³-hybridized carbons (Fsp3) is 0. The first kappa shape index (κ1) is 33.9. The minimum atomic E-state index is 0.713. The van der Waals surface area contributed by atoms with Crippen molar-refractivity contribution in [1.82, 2.24) is 19.5 Å². The van der Waals surface area contributed by atoms with Crippen molar-refractivity contribution in [3.05, 3.63) is 207 Å². The molecule has 0 atom stereocenters. The average Bonchev–Trinajstić information content (AvgIpc) is 3.98. The van der Waals surface area contributed by atoms with E-state index in [1.165, 1.54) is 16.2 Å². The number of nitrogens with zero attached hydrogens (tertiary/aromatic N) is 4. The predicted molar refractivity (Wildman–Crippen MR) is 246 cm³/mol. The van der Waals surface area contributed by atoms with Gasteiger partial charge in [-0.1, -0.05) is 115 Å². The molecule has 60 heavy (non-hydrogen) atoms. The molecule has 0 radical (unpaired) electrons. The van der Waals surface area contributed by atoms with Gasteiger partial charge in [0.25, 0.3) is 0 Å². The molecule has 0 bridgehead atoms. The largest absolute Gasteiger partial charge is 0.464 e. The summed E-state index contributed by atoms with van der Waals surface area (Å²) in [4.78, 5) is 15.7. The van der Waals surface area contributed by atoms with Crippen LogP contribution >= 0.6 is 0 Å². The Hall–Kier alpha value is -8.15. The minimum absolute atomic E-state index is 0.713. The number of para-hydroxylation sites is 2. The number of fused-ring (bicyclic) bond motifs is 6. The third-order valence-corrected chi connectivity index (χ3v) is 11.7. The molecular formula is C55H34N4O. The number of aromatic nitrogens is 4. The first-order valence-corrected chi connectivity index (χ1v) is 20.2. The monoisotopic (exact) mass is 766 g/mol. The lowest BCUT2D eigenvalue weighted by Gasteiger charge is -2.14. The highest BCUT2D eigenvalue weighted by Gasteiger charge is 2.17. The second-order valence-electron chi connectivity index (χ2n) is 15.3. The quantitative estimate of drug-likeness (QED) is 0.158. The Morgan fingerprint density at radius 2 is 1.10 bits per heavy atom. The zero-order chi connectivity index (χ0) is 39.6. The smallest absolute Gasteiger partial charge is 0.161 e. The topological polar surface area (TPSA) is 56.7 Å². The van der Waals surface area contributed by atoms with Gasteiger partial charge in [-0.25, -0.2) is 15.0 Å². The maximum absolute atomic E-state index is 5.69. The maximum Gasteiger partial charge on any atom is 0.161 e. The lowest BCUT2D eigenvalue weighted by Crippen LogP contribution is -1.96. The van der Waals surface area contributed by atoms with E-state index < -0.39 is 0 Å². The van der Waals surface area contributed by atoms with E-state index in [9.17, 15) is 0 Å². The lowest BCUT2D eigenvalue weighted by molar-refractivity contribution is 0.616. The number of pyridine rings is 1. The third-order valence-electron chi connectivity index (χ3n) is 11.7. The van der Waals surface area contributed by atoms with E-state index in [1.807, 2.05) is 24.3 Å². The van der Waals surface area contributed by atoms with Crippen LogP contribution in [0.3, 0.4) is 0 Å². The summed E-state index contributed by atoms with van der Waals surface area (Å²) in [7, 11) is 0. The van der Waals surface area contributed by atoms with Gasteiger partial charge in [0.15, 0.2) is 5.82 Å². The molecular weight excluding hydrogens is 733 g/mol. The van der Waals surface area contributed by atoms with Gasteiger partial charge in [-0.15, -0.1) is 0 Å². The molecule has 0 saturated carbocycles. The molecule has 280 valence electrons. The summed E-state index contributed by atoms with van der Waals surface area (Å²) < 4.78 is 7.88. The van der Waals surface area contributed by atoms with Crippen LogP contribution in [0.4, 0.5) is 0 Å². The summed E-state index contributed by atoms with van der Waals surface area (Å²) in [6, 6.07) is 68.3. The molecule has 4 heterocycles. The zero-order valence-corrected chi connectivity index (χ0v) is 32.3. The molecule has 4 aromatic heterocycles. The van der Waals surface area contributed by atoms with Crippen molar-refractivity contribution < 1.29 is 4.42 Å². The van der Waals surface area contributed by atoms with Gasteiger partial charge in [-0.05, 0) is 123 Å². The van der Waals surface area contributed by atoms with Crippen LogP contribution in [0.2, 0.25) is 0 Å². The van der Waals surface area contributed by atoms with E-state index in [0.29, 0.717) is 5.82 Å². The Labute approximate surface area is 345 Å². The summed E-state index contributed by atoms with van der Waals surface area (Å²) >= 11 is 0. The van der Waals surface area contributed by atoms with Crippen molar-refractivity contribution in [3.8, 4) is 61.8 Å². The molecule has 0 amide bonds. The third kappa shape index (κ3) is 5.75. The summed E-state index contributed by atoms with van der Waals surface area (Å²) in [5, 5.41) is 6.81. The van der Waals surface area contributed by atoms with E-state index in [1.54, 1.807) is 6.26 Å². The van der Waals surface area contributed by atoms with Crippen LogP contribution in [0, 0.1) is 0 Å². The van der Waals surface area contributed by atoms with Crippen molar-refractivity contribution >= 4 is 54.5 Å². The first-order chi connectivity index (χ1) is 29.7. The van der Waals surface area contributed by atoms with Gasteiger partial charge in [0.2, 0.25) is 0 Å². The van der Waals surface area contributed by atoms with Crippen molar-refractivity contribution in [2.75, 3.05) is 0 Å². The SMILES string of the molecule is c1ccc(-n2ccc3nc(-c4cc(-c5ccc(-c6nc(-c7cc8ccccc8c8ccccc78)nc7ccccc67)cc5)cc(-c5ccc6occc6c5)c4)ccc32)cc1. The van der Waals surface area contributed by atoms with Crippen LogP contribution < -0.4 is 0 Å². The van der Waals surface area contributed by atoms with Gasteiger partial charge in [-0.3, -0.25) is 0 Å². The first-order valence-electron chi connectivity index (χ1n) is 20.2. The van der Waals surface area contributed by atoms with Crippen molar-refractivity contribution in [1.29, 1.82) is 0 Å². The van der Waals surface area contributed by atoms with Gasteiger partial charge in [0.05, 0.1) is 34.2 Å². The van der Waals surface area contributed by atoms with E-state index >= 15 is 0 Å². The molecule has 0 saturated heterocycles. The second-order valence-corrected chi connectivity index (χ2v) is 15.3. The second kappa shape index (κ2) is 13.8. The minimum Gasteiger partial charge on any atom is -0.464 e. The Morgan fingerprint density at radius 1 is 0.400 bits per heavy atom. The van der Waals surface area contributed by atoms with Gasteiger partial charge >= 0.3 is 0 Å². The van der Waals surface area contributed by atoms with Crippen LogP contribution in [-0.4, -0.2) is 19.5 Å². The molecule has 0 aliphatic rings. The molecule has 5 heteroatoms. The molecule has 0 spiro atoms. The normalized spacial score (nSPS) is 11.7. The number of rotatable bonds is 6. The highest BCUT2D eigenvalue weighted by atomic mass is 16.3. The Morgan fingerprint density at radius 3 is 1.97 bits per heavy atom.